The van der Waals surface area contributed by atoms with Crippen LogP contribution in [0.4, 0.5) is 11.6 Å². The van der Waals surface area contributed by atoms with Crippen LogP contribution < -0.4 is 16.9 Å². The Hall–Kier alpha value is -4.12. The minimum absolute atomic E-state index is 0.0824. The summed E-state index contributed by atoms with van der Waals surface area (Å²) in [5.74, 6) is 5.23. The molecule has 11 nitrogen and oxygen atoms in total. The molecule has 1 atom stereocenters. The second-order valence-electron chi connectivity index (χ2n) is 6.58. The van der Waals surface area contributed by atoms with E-state index >= 15 is 0 Å². The van der Waals surface area contributed by atoms with Gasteiger partial charge >= 0.3 is 0 Å². The van der Waals surface area contributed by atoms with Gasteiger partial charge in [-0.25, -0.2) is 19.5 Å². The molecule has 0 saturated heterocycles. The van der Waals surface area contributed by atoms with E-state index in [1.165, 1.54) is 6.33 Å². The maximum Gasteiger partial charge on any atom is 0.183 e. The molecule has 4 rings (SSSR count). The first-order valence-corrected chi connectivity index (χ1v) is 9.54. The first-order valence-electron chi connectivity index (χ1n) is 9.16. The van der Waals surface area contributed by atoms with Crippen LogP contribution in [0, 0.1) is 5.41 Å². The number of fused-ring (bicyclic) bond motifs is 1. The molecular weight excluding hydrogens is 418 g/mol. The Morgan fingerprint density at radius 3 is 2.74 bits per heavy atom. The standard InChI is InChI=1S/C19H18ClN11/c1-10(27-19-15(18(22)28-30-23)17(21)25-9-26-19)12-7-14-24-8-13(20)31(14)29-16(12)11-5-3-2-4-6-11/h2-10H,1H3,(H3,22,23,28)(H3,21,25,26,27)/t10-/m0/s1. The minimum atomic E-state index is -0.307. The summed E-state index contributed by atoms with van der Waals surface area (Å²) < 4.78 is 1.57. The van der Waals surface area contributed by atoms with Crippen LogP contribution in [0.1, 0.15) is 24.1 Å². The topological polar surface area (TPSA) is 169 Å². The Bertz CT molecular complexity index is 1280. The summed E-state index contributed by atoms with van der Waals surface area (Å²) in [6.45, 7) is 1.93. The second kappa shape index (κ2) is 8.32. The van der Waals surface area contributed by atoms with E-state index in [1.54, 1.807) is 10.7 Å². The van der Waals surface area contributed by atoms with Crippen molar-refractivity contribution >= 4 is 34.7 Å². The van der Waals surface area contributed by atoms with Gasteiger partial charge in [0.25, 0.3) is 0 Å². The number of rotatable bonds is 5. The zero-order chi connectivity index (χ0) is 22.0. The van der Waals surface area contributed by atoms with Crippen LogP contribution in [-0.4, -0.2) is 30.4 Å². The molecule has 6 N–H and O–H groups in total. The Balaban J connectivity index is 1.81. The van der Waals surface area contributed by atoms with Crippen molar-refractivity contribution in [1.29, 1.82) is 5.41 Å². The number of nitrogen functional groups attached to an aromatic ring is 1. The molecule has 0 radical (unpaired) electrons. The predicted octanol–water partition coefficient (Wildman–Crippen LogP) is 3.25. The molecule has 156 valence electrons. The van der Waals surface area contributed by atoms with Crippen molar-refractivity contribution in [3.8, 4) is 11.3 Å². The number of hydrogen-bond acceptors (Lipinski definition) is 8. The number of nitrogens with two attached hydrogens (primary N) is 2. The van der Waals surface area contributed by atoms with Gasteiger partial charge in [0.1, 0.15) is 23.5 Å². The summed E-state index contributed by atoms with van der Waals surface area (Å²) in [5, 5.41) is 23.1. The lowest BCUT2D eigenvalue weighted by Gasteiger charge is -2.20. The zero-order valence-corrected chi connectivity index (χ0v) is 17.1. The van der Waals surface area contributed by atoms with E-state index in [4.69, 9.17) is 33.7 Å². The monoisotopic (exact) mass is 435 g/mol. The van der Waals surface area contributed by atoms with Gasteiger partial charge in [0.2, 0.25) is 0 Å². The Morgan fingerprint density at radius 2 is 2.00 bits per heavy atom. The number of benzene rings is 1. The van der Waals surface area contributed by atoms with Gasteiger partial charge in [-0.05, 0) is 13.0 Å². The van der Waals surface area contributed by atoms with E-state index in [0.717, 1.165) is 11.1 Å². The van der Waals surface area contributed by atoms with Crippen LogP contribution >= 0.6 is 11.6 Å². The van der Waals surface area contributed by atoms with Gasteiger partial charge in [-0.3, -0.25) is 5.41 Å². The van der Waals surface area contributed by atoms with Gasteiger partial charge < -0.3 is 16.9 Å². The molecule has 4 aromatic rings. The van der Waals surface area contributed by atoms with Crippen molar-refractivity contribution in [1.82, 2.24) is 24.6 Å². The molecule has 0 aliphatic heterocycles. The lowest BCUT2D eigenvalue weighted by Crippen LogP contribution is -2.16. The van der Waals surface area contributed by atoms with Gasteiger partial charge in [-0.1, -0.05) is 47.2 Å². The van der Waals surface area contributed by atoms with E-state index in [0.29, 0.717) is 22.3 Å². The number of aromatic nitrogens is 5. The van der Waals surface area contributed by atoms with Crippen LogP contribution in [0.3, 0.4) is 0 Å². The molecule has 0 bridgehead atoms. The number of imidazole rings is 1. The normalized spacial score (nSPS) is 12.3. The first kappa shape index (κ1) is 20.2. The zero-order valence-electron chi connectivity index (χ0n) is 16.4. The lowest BCUT2D eigenvalue weighted by atomic mass is 10.0. The van der Waals surface area contributed by atoms with E-state index < -0.39 is 0 Å². The molecule has 0 spiro atoms. The average molecular weight is 436 g/mol. The van der Waals surface area contributed by atoms with Gasteiger partial charge in [0.05, 0.1) is 17.9 Å². The van der Waals surface area contributed by atoms with E-state index in [1.807, 2.05) is 43.3 Å². The number of anilines is 2. The van der Waals surface area contributed by atoms with Gasteiger partial charge in [0, 0.05) is 11.1 Å². The predicted molar refractivity (Wildman–Crippen MR) is 118 cm³/mol. The minimum Gasteiger partial charge on any atom is -0.383 e. The molecule has 0 saturated carbocycles. The summed E-state index contributed by atoms with van der Waals surface area (Å²) >= 11 is 6.23. The number of nitrogens with zero attached hydrogens (tertiary/aromatic N) is 7. The third-order valence-electron chi connectivity index (χ3n) is 4.62. The highest BCUT2D eigenvalue weighted by molar-refractivity contribution is 6.29. The summed E-state index contributed by atoms with van der Waals surface area (Å²) in [6.07, 6.45) is 2.84. The van der Waals surface area contributed by atoms with Crippen molar-refractivity contribution in [2.45, 2.75) is 13.0 Å². The summed E-state index contributed by atoms with van der Waals surface area (Å²) in [5.41, 5.74) is 9.21. The largest absolute Gasteiger partial charge is 0.383 e. The molecule has 0 fully saturated rings. The number of nitrogens with one attached hydrogen (secondary N) is 2. The molecule has 0 unspecified atom stereocenters. The van der Waals surface area contributed by atoms with Gasteiger partial charge in [0.15, 0.2) is 16.6 Å². The van der Waals surface area contributed by atoms with Crippen LogP contribution in [-0.2, 0) is 0 Å². The molecular formula is C19H18ClN11. The second-order valence-corrected chi connectivity index (χ2v) is 6.97. The number of halogens is 1. The highest BCUT2D eigenvalue weighted by Gasteiger charge is 2.21. The third kappa shape index (κ3) is 3.85. The number of amidine groups is 1. The fourth-order valence-corrected chi connectivity index (χ4v) is 3.36. The Morgan fingerprint density at radius 1 is 1.23 bits per heavy atom. The summed E-state index contributed by atoms with van der Waals surface area (Å²) in [4.78, 5) is 12.5. The van der Waals surface area contributed by atoms with Crippen molar-refractivity contribution in [2.75, 3.05) is 11.1 Å². The Kier molecular flexibility index (Phi) is 5.41. The smallest absolute Gasteiger partial charge is 0.183 e. The molecule has 31 heavy (non-hydrogen) atoms. The highest BCUT2D eigenvalue weighted by Crippen LogP contribution is 2.31. The molecule has 0 aliphatic rings. The summed E-state index contributed by atoms with van der Waals surface area (Å²) in [6, 6.07) is 11.3. The maximum atomic E-state index is 8.07. The molecule has 3 heterocycles. The first-order chi connectivity index (χ1) is 15.0. The fraction of sp³-hybridized carbons (Fsp3) is 0.105. The molecule has 1 aromatic carbocycles. The maximum absolute atomic E-state index is 8.07. The van der Waals surface area contributed by atoms with Gasteiger partial charge in [-0.2, -0.15) is 5.10 Å². The summed E-state index contributed by atoms with van der Waals surface area (Å²) in [7, 11) is 0. The van der Waals surface area contributed by atoms with Crippen LogP contribution in [0.25, 0.3) is 16.9 Å². The van der Waals surface area contributed by atoms with Gasteiger partial charge in [-0.15, -0.1) is 5.11 Å². The highest BCUT2D eigenvalue weighted by atomic mass is 35.5. The van der Waals surface area contributed by atoms with Crippen molar-refractivity contribution in [3.05, 3.63) is 65.2 Å². The van der Waals surface area contributed by atoms with Crippen LogP contribution in [0.15, 0.2) is 59.3 Å². The van der Waals surface area contributed by atoms with Crippen molar-refractivity contribution in [2.24, 2.45) is 16.2 Å². The van der Waals surface area contributed by atoms with Crippen LogP contribution in [0.5, 0.6) is 0 Å². The number of hydrogen-bond donors (Lipinski definition) is 4. The molecule has 0 amide bonds. The Labute approximate surface area is 181 Å². The van der Waals surface area contributed by atoms with E-state index in [2.05, 4.69) is 30.6 Å². The van der Waals surface area contributed by atoms with Crippen LogP contribution in [0.2, 0.25) is 5.15 Å². The van der Waals surface area contributed by atoms with Crippen molar-refractivity contribution < 1.29 is 0 Å². The fourth-order valence-electron chi connectivity index (χ4n) is 3.18. The lowest BCUT2D eigenvalue weighted by molar-refractivity contribution is 0.840. The average Bonchev–Trinajstić information content (AvgIpc) is 3.13. The molecule has 0 aliphatic carbocycles. The quantitative estimate of drug-likeness (QED) is 0.122. The SMILES string of the molecule is C[C@H](Nc1ncnc(N)c1C(=N)N=NN)c1cc2ncc(Cl)n2nc1-c1ccccc1. The van der Waals surface area contributed by atoms with Crippen molar-refractivity contribution in [3.63, 3.8) is 0 Å². The third-order valence-corrected chi connectivity index (χ3v) is 4.88. The molecule has 12 heteroatoms. The van der Waals surface area contributed by atoms with E-state index in [9.17, 15) is 0 Å². The molecule has 3 aromatic heterocycles. The van der Waals surface area contributed by atoms with E-state index in [-0.39, 0.29) is 23.3 Å².